The van der Waals surface area contributed by atoms with Gasteiger partial charge in [0.15, 0.2) is 5.78 Å². The van der Waals surface area contributed by atoms with E-state index in [4.69, 9.17) is 20.2 Å². The van der Waals surface area contributed by atoms with Gasteiger partial charge in [-0.05, 0) is 23.8 Å². The predicted octanol–water partition coefficient (Wildman–Crippen LogP) is 4.68. The van der Waals surface area contributed by atoms with Crippen molar-refractivity contribution >= 4 is 43.9 Å². The number of aromatic nitrogens is 3. The molecule has 4 N–H and O–H groups in total. The van der Waals surface area contributed by atoms with Gasteiger partial charge in [-0.25, -0.2) is 4.98 Å². The standard InChI is InChI=1S/C25H23N5O3S/c1-32-16-8-15(9-17(10-16)33-2)29-23(25-30-21-5-6-27-13-22(21)34-25)24(31)19-12-28-20-4-3-14(11-26)7-18(19)20/h3-10,12-13,23,28-29H,11,26H2,1-2H3. The first kappa shape index (κ1) is 21.9. The summed E-state index contributed by atoms with van der Waals surface area (Å²) in [6, 6.07) is 12.4. The zero-order valence-corrected chi connectivity index (χ0v) is 19.5. The molecule has 0 aliphatic carbocycles. The Morgan fingerprint density at radius 1 is 1.15 bits per heavy atom. The molecule has 0 radical (unpaired) electrons. The van der Waals surface area contributed by atoms with Gasteiger partial charge in [-0.1, -0.05) is 6.07 Å². The van der Waals surface area contributed by atoms with Crippen LogP contribution in [0.1, 0.15) is 27.0 Å². The molecule has 0 fully saturated rings. The Morgan fingerprint density at radius 3 is 2.65 bits per heavy atom. The molecule has 172 valence electrons. The van der Waals surface area contributed by atoms with Crippen molar-refractivity contribution in [3.05, 3.63) is 77.2 Å². The van der Waals surface area contributed by atoms with E-state index in [1.165, 1.54) is 11.3 Å². The molecule has 3 aromatic heterocycles. The first-order chi connectivity index (χ1) is 16.6. The number of thiazole rings is 1. The van der Waals surface area contributed by atoms with E-state index in [9.17, 15) is 4.79 Å². The molecule has 1 atom stereocenters. The molecule has 0 aliphatic heterocycles. The van der Waals surface area contributed by atoms with Gasteiger partial charge in [-0.15, -0.1) is 11.3 Å². The van der Waals surface area contributed by atoms with Crippen molar-refractivity contribution in [3.8, 4) is 11.5 Å². The zero-order chi connectivity index (χ0) is 23.7. The summed E-state index contributed by atoms with van der Waals surface area (Å²) in [7, 11) is 3.17. The summed E-state index contributed by atoms with van der Waals surface area (Å²) < 4.78 is 11.7. The molecule has 34 heavy (non-hydrogen) atoms. The van der Waals surface area contributed by atoms with E-state index in [0.717, 1.165) is 26.7 Å². The second-order valence-corrected chi connectivity index (χ2v) is 8.79. The first-order valence-corrected chi connectivity index (χ1v) is 11.5. The lowest BCUT2D eigenvalue weighted by molar-refractivity contribution is 0.0971. The maximum Gasteiger partial charge on any atom is 0.194 e. The number of methoxy groups -OCH3 is 2. The Labute approximate surface area is 199 Å². The molecular formula is C25H23N5O3S. The van der Waals surface area contributed by atoms with Crippen LogP contribution in [0.25, 0.3) is 21.1 Å². The number of ether oxygens (including phenoxy) is 2. The molecular weight excluding hydrogens is 450 g/mol. The first-order valence-electron chi connectivity index (χ1n) is 10.6. The van der Waals surface area contributed by atoms with Gasteiger partial charge in [0.25, 0.3) is 0 Å². The third-order valence-corrected chi connectivity index (χ3v) is 6.70. The summed E-state index contributed by atoms with van der Waals surface area (Å²) in [5.74, 6) is 1.11. The number of rotatable bonds is 8. The maximum atomic E-state index is 14.0. The number of ketones is 1. The summed E-state index contributed by atoms with van der Waals surface area (Å²) in [5.41, 5.74) is 9.70. The van der Waals surface area contributed by atoms with Gasteiger partial charge in [0.05, 0.1) is 24.4 Å². The van der Waals surface area contributed by atoms with Crippen LogP contribution in [0.4, 0.5) is 5.69 Å². The number of anilines is 1. The Hall–Kier alpha value is -3.95. The average molecular weight is 474 g/mol. The number of nitrogens with zero attached hydrogens (tertiary/aromatic N) is 2. The number of carbonyl (C=O) groups excluding carboxylic acids is 1. The minimum absolute atomic E-state index is 0.116. The van der Waals surface area contributed by atoms with Gasteiger partial charge in [0.1, 0.15) is 22.5 Å². The third kappa shape index (κ3) is 4.07. The Kier molecular flexibility index (Phi) is 5.87. The minimum Gasteiger partial charge on any atom is -0.497 e. The molecule has 0 saturated carbocycles. The van der Waals surface area contributed by atoms with Crippen LogP contribution < -0.4 is 20.5 Å². The highest BCUT2D eigenvalue weighted by Gasteiger charge is 2.28. The largest absolute Gasteiger partial charge is 0.497 e. The Balaban J connectivity index is 1.62. The number of Topliss-reactive ketones (excluding diaryl/α,β-unsaturated/α-hetero) is 1. The number of hydrogen-bond donors (Lipinski definition) is 3. The second kappa shape index (κ2) is 9.12. The van der Waals surface area contributed by atoms with Crippen LogP contribution in [0.2, 0.25) is 0 Å². The van der Waals surface area contributed by atoms with Crippen molar-refractivity contribution in [1.82, 2.24) is 15.0 Å². The van der Waals surface area contributed by atoms with E-state index in [-0.39, 0.29) is 5.78 Å². The number of nitrogens with one attached hydrogen (secondary N) is 2. The highest BCUT2D eigenvalue weighted by Crippen LogP contribution is 2.34. The van der Waals surface area contributed by atoms with E-state index in [0.29, 0.717) is 34.3 Å². The van der Waals surface area contributed by atoms with Crippen molar-refractivity contribution in [2.24, 2.45) is 5.73 Å². The fraction of sp³-hybridized carbons (Fsp3) is 0.160. The summed E-state index contributed by atoms with van der Waals surface area (Å²) >= 11 is 1.43. The van der Waals surface area contributed by atoms with Crippen molar-refractivity contribution in [2.45, 2.75) is 12.6 Å². The number of pyridine rings is 1. The SMILES string of the molecule is COc1cc(NC(C(=O)c2c[nH]c3ccc(CN)cc23)c2nc3ccncc3s2)cc(OC)c1. The van der Waals surface area contributed by atoms with Crippen molar-refractivity contribution < 1.29 is 14.3 Å². The van der Waals surface area contributed by atoms with Gasteiger partial charge in [-0.2, -0.15) is 0 Å². The van der Waals surface area contributed by atoms with E-state index in [2.05, 4.69) is 15.3 Å². The van der Waals surface area contributed by atoms with E-state index < -0.39 is 6.04 Å². The van der Waals surface area contributed by atoms with Crippen LogP contribution in [0.5, 0.6) is 11.5 Å². The molecule has 2 aromatic carbocycles. The molecule has 5 aromatic rings. The summed E-state index contributed by atoms with van der Waals surface area (Å²) in [6.45, 7) is 0.394. The van der Waals surface area contributed by atoms with Crippen molar-refractivity contribution in [1.29, 1.82) is 0 Å². The maximum absolute atomic E-state index is 14.0. The summed E-state index contributed by atoms with van der Waals surface area (Å²) in [5, 5.41) is 4.83. The van der Waals surface area contributed by atoms with Crippen LogP contribution in [0, 0.1) is 0 Å². The van der Waals surface area contributed by atoms with Crippen LogP contribution in [-0.4, -0.2) is 35.0 Å². The monoisotopic (exact) mass is 473 g/mol. The molecule has 1 unspecified atom stereocenters. The molecule has 0 aliphatic rings. The topological polar surface area (TPSA) is 115 Å². The van der Waals surface area contributed by atoms with Crippen LogP contribution in [-0.2, 0) is 6.54 Å². The predicted molar refractivity (Wildman–Crippen MR) is 134 cm³/mol. The lowest BCUT2D eigenvalue weighted by Gasteiger charge is -2.18. The van der Waals surface area contributed by atoms with Crippen LogP contribution in [0.15, 0.2) is 61.1 Å². The van der Waals surface area contributed by atoms with Gasteiger partial charge in [0, 0.05) is 65.5 Å². The fourth-order valence-corrected chi connectivity index (χ4v) is 4.86. The van der Waals surface area contributed by atoms with Crippen LogP contribution >= 0.6 is 11.3 Å². The van der Waals surface area contributed by atoms with E-state index >= 15 is 0 Å². The number of fused-ring (bicyclic) bond motifs is 2. The quantitative estimate of drug-likeness (QED) is 0.280. The highest BCUT2D eigenvalue weighted by atomic mass is 32.1. The van der Waals surface area contributed by atoms with Crippen molar-refractivity contribution in [3.63, 3.8) is 0 Å². The second-order valence-electron chi connectivity index (χ2n) is 7.72. The van der Waals surface area contributed by atoms with E-state index in [1.54, 1.807) is 38.9 Å². The van der Waals surface area contributed by atoms with Gasteiger partial charge in [0.2, 0.25) is 0 Å². The molecule has 0 saturated heterocycles. The summed E-state index contributed by atoms with van der Waals surface area (Å²) in [6.07, 6.45) is 5.19. The molecule has 0 bridgehead atoms. The number of benzene rings is 2. The van der Waals surface area contributed by atoms with Crippen LogP contribution in [0.3, 0.4) is 0 Å². The van der Waals surface area contributed by atoms with Gasteiger partial charge in [-0.3, -0.25) is 9.78 Å². The van der Waals surface area contributed by atoms with Gasteiger partial charge < -0.3 is 25.5 Å². The van der Waals surface area contributed by atoms with E-state index in [1.807, 2.05) is 36.4 Å². The number of aromatic amines is 1. The molecule has 5 rings (SSSR count). The lowest BCUT2D eigenvalue weighted by atomic mass is 10.0. The molecule has 0 amide bonds. The lowest BCUT2D eigenvalue weighted by Crippen LogP contribution is -2.21. The Morgan fingerprint density at radius 2 is 1.94 bits per heavy atom. The molecule has 8 nitrogen and oxygen atoms in total. The third-order valence-electron chi connectivity index (χ3n) is 5.63. The highest BCUT2D eigenvalue weighted by molar-refractivity contribution is 7.18. The number of nitrogens with two attached hydrogens (primary N) is 1. The smallest absolute Gasteiger partial charge is 0.194 e. The zero-order valence-electron chi connectivity index (χ0n) is 18.7. The molecule has 9 heteroatoms. The molecule has 0 spiro atoms. The normalized spacial score (nSPS) is 12.1. The minimum atomic E-state index is -0.741. The number of carbonyl (C=O) groups is 1. The average Bonchev–Trinajstić information content (AvgIpc) is 3.50. The molecule has 3 heterocycles. The number of H-pyrrole nitrogens is 1. The van der Waals surface area contributed by atoms with Crippen molar-refractivity contribution in [2.75, 3.05) is 19.5 Å². The Bertz CT molecular complexity index is 1440. The summed E-state index contributed by atoms with van der Waals surface area (Å²) in [4.78, 5) is 26.1. The number of hydrogen-bond acceptors (Lipinski definition) is 8. The fourth-order valence-electron chi connectivity index (χ4n) is 3.87. The van der Waals surface area contributed by atoms with Gasteiger partial charge >= 0.3 is 0 Å².